The monoisotopic (exact) mass is 216 g/mol. The first-order chi connectivity index (χ1) is 6.36. The standard InChI is InChI=1S/C10H13FN2.ClH/c11-10-5-9(6-13-7-10)8-1-3-12-4-2-8;/h5-8,12H,1-4H2;1H. The van der Waals surface area contributed by atoms with Crippen molar-refractivity contribution in [2.75, 3.05) is 13.1 Å². The molecule has 1 N–H and O–H groups in total. The highest BCUT2D eigenvalue weighted by molar-refractivity contribution is 5.85. The quantitative estimate of drug-likeness (QED) is 0.778. The minimum absolute atomic E-state index is 0. The number of hydrogen-bond acceptors (Lipinski definition) is 2. The Morgan fingerprint density at radius 2 is 2.00 bits per heavy atom. The molecule has 0 amide bonds. The van der Waals surface area contributed by atoms with Crippen molar-refractivity contribution in [3.8, 4) is 0 Å². The molecule has 1 aliphatic heterocycles. The van der Waals surface area contributed by atoms with E-state index in [9.17, 15) is 4.39 Å². The Hall–Kier alpha value is -0.670. The maximum Gasteiger partial charge on any atom is 0.141 e. The summed E-state index contributed by atoms with van der Waals surface area (Å²) in [5.41, 5.74) is 1.04. The molecule has 1 aliphatic rings. The van der Waals surface area contributed by atoms with Gasteiger partial charge >= 0.3 is 0 Å². The van der Waals surface area contributed by atoms with E-state index < -0.39 is 0 Å². The molecule has 14 heavy (non-hydrogen) atoms. The summed E-state index contributed by atoms with van der Waals surface area (Å²) < 4.78 is 12.8. The van der Waals surface area contributed by atoms with Gasteiger partial charge in [0.05, 0.1) is 6.20 Å². The summed E-state index contributed by atoms with van der Waals surface area (Å²) in [6.45, 7) is 2.06. The minimum atomic E-state index is -0.226. The lowest BCUT2D eigenvalue weighted by Gasteiger charge is -2.22. The van der Waals surface area contributed by atoms with E-state index in [0.717, 1.165) is 31.5 Å². The maximum atomic E-state index is 12.8. The average molecular weight is 217 g/mol. The number of nitrogens with zero attached hydrogens (tertiary/aromatic N) is 1. The van der Waals surface area contributed by atoms with E-state index >= 15 is 0 Å². The fraction of sp³-hybridized carbons (Fsp3) is 0.500. The molecule has 1 aromatic rings. The second-order valence-corrected chi connectivity index (χ2v) is 3.46. The van der Waals surface area contributed by atoms with Gasteiger partial charge in [0.15, 0.2) is 0 Å². The first kappa shape index (κ1) is 11.4. The lowest BCUT2D eigenvalue weighted by atomic mass is 9.91. The molecule has 0 atom stereocenters. The highest BCUT2D eigenvalue weighted by atomic mass is 35.5. The number of aromatic nitrogens is 1. The van der Waals surface area contributed by atoms with Crippen molar-refractivity contribution in [2.24, 2.45) is 0 Å². The van der Waals surface area contributed by atoms with Crippen molar-refractivity contribution in [1.82, 2.24) is 10.3 Å². The van der Waals surface area contributed by atoms with Crippen LogP contribution in [0.25, 0.3) is 0 Å². The van der Waals surface area contributed by atoms with Gasteiger partial charge in [0, 0.05) is 6.20 Å². The molecular weight excluding hydrogens is 203 g/mol. The summed E-state index contributed by atoms with van der Waals surface area (Å²) in [6.07, 6.45) is 5.21. The normalized spacial score (nSPS) is 17.5. The lowest BCUT2D eigenvalue weighted by Crippen LogP contribution is -2.26. The molecule has 1 aromatic heterocycles. The van der Waals surface area contributed by atoms with E-state index in [-0.39, 0.29) is 18.2 Å². The van der Waals surface area contributed by atoms with E-state index in [1.807, 2.05) is 0 Å². The maximum absolute atomic E-state index is 12.8. The molecule has 78 valence electrons. The van der Waals surface area contributed by atoms with Crippen LogP contribution in [0, 0.1) is 5.82 Å². The molecule has 0 radical (unpaired) electrons. The number of rotatable bonds is 1. The molecule has 2 nitrogen and oxygen atoms in total. The second-order valence-electron chi connectivity index (χ2n) is 3.46. The van der Waals surface area contributed by atoms with Crippen LogP contribution in [0.15, 0.2) is 18.5 Å². The molecule has 0 aliphatic carbocycles. The Balaban J connectivity index is 0.000000980. The van der Waals surface area contributed by atoms with Gasteiger partial charge in [-0.2, -0.15) is 0 Å². The Morgan fingerprint density at radius 1 is 1.29 bits per heavy atom. The van der Waals surface area contributed by atoms with Crippen LogP contribution in [0.1, 0.15) is 24.3 Å². The fourth-order valence-corrected chi connectivity index (χ4v) is 1.81. The van der Waals surface area contributed by atoms with Crippen molar-refractivity contribution in [3.05, 3.63) is 29.8 Å². The molecule has 0 aromatic carbocycles. The molecule has 0 saturated carbocycles. The van der Waals surface area contributed by atoms with E-state index in [0.29, 0.717) is 5.92 Å². The second kappa shape index (κ2) is 5.27. The topological polar surface area (TPSA) is 24.9 Å². The third kappa shape index (κ3) is 2.66. The van der Waals surface area contributed by atoms with Gasteiger partial charge in [0.1, 0.15) is 5.82 Å². The predicted octanol–water partition coefficient (Wildman–Crippen LogP) is 2.11. The third-order valence-corrected chi connectivity index (χ3v) is 2.54. The van der Waals surface area contributed by atoms with Crippen LogP contribution < -0.4 is 5.32 Å². The average Bonchev–Trinajstić information content (AvgIpc) is 2.19. The first-order valence-corrected chi connectivity index (χ1v) is 4.67. The van der Waals surface area contributed by atoms with Gasteiger partial charge < -0.3 is 5.32 Å². The number of pyridine rings is 1. The zero-order valence-electron chi connectivity index (χ0n) is 7.87. The molecule has 4 heteroatoms. The number of hydrogen-bond donors (Lipinski definition) is 1. The SMILES string of the molecule is Cl.Fc1cncc(C2CCNCC2)c1. The number of halogens is 2. The zero-order valence-corrected chi connectivity index (χ0v) is 8.69. The summed E-state index contributed by atoms with van der Waals surface area (Å²) in [6, 6.07) is 1.60. The Bertz CT molecular complexity index is 287. The lowest BCUT2D eigenvalue weighted by molar-refractivity contribution is 0.457. The predicted molar refractivity (Wildman–Crippen MR) is 56.3 cm³/mol. The van der Waals surface area contributed by atoms with Crippen molar-refractivity contribution in [3.63, 3.8) is 0 Å². The first-order valence-electron chi connectivity index (χ1n) is 4.67. The van der Waals surface area contributed by atoms with Crippen LogP contribution in [0.4, 0.5) is 4.39 Å². The molecule has 2 rings (SSSR count). The van der Waals surface area contributed by atoms with Gasteiger partial charge in [0.25, 0.3) is 0 Å². The van der Waals surface area contributed by atoms with E-state index in [1.165, 1.54) is 6.20 Å². The van der Waals surface area contributed by atoms with E-state index in [4.69, 9.17) is 0 Å². The third-order valence-electron chi connectivity index (χ3n) is 2.54. The van der Waals surface area contributed by atoms with Gasteiger partial charge in [-0.25, -0.2) is 4.39 Å². The van der Waals surface area contributed by atoms with Crippen molar-refractivity contribution in [1.29, 1.82) is 0 Å². The number of piperidine rings is 1. The highest BCUT2D eigenvalue weighted by Crippen LogP contribution is 2.24. The van der Waals surface area contributed by atoms with Crippen LogP contribution in [0.5, 0.6) is 0 Å². The van der Waals surface area contributed by atoms with Crippen LogP contribution in [0.3, 0.4) is 0 Å². The van der Waals surface area contributed by atoms with E-state index in [1.54, 1.807) is 12.3 Å². The zero-order chi connectivity index (χ0) is 9.10. The molecule has 1 fully saturated rings. The van der Waals surface area contributed by atoms with Crippen LogP contribution in [-0.2, 0) is 0 Å². The molecule has 2 heterocycles. The van der Waals surface area contributed by atoms with Gasteiger partial charge in [0.2, 0.25) is 0 Å². The van der Waals surface area contributed by atoms with Crippen LogP contribution in [-0.4, -0.2) is 18.1 Å². The molecule has 0 spiro atoms. The summed E-state index contributed by atoms with van der Waals surface area (Å²) in [7, 11) is 0. The Kier molecular flexibility index (Phi) is 4.29. The van der Waals surface area contributed by atoms with Crippen molar-refractivity contribution in [2.45, 2.75) is 18.8 Å². The highest BCUT2D eigenvalue weighted by Gasteiger charge is 2.15. The summed E-state index contributed by atoms with van der Waals surface area (Å²) in [5.74, 6) is 0.264. The summed E-state index contributed by atoms with van der Waals surface area (Å²) >= 11 is 0. The van der Waals surface area contributed by atoms with Gasteiger partial charge in [-0.15, -0.1) is 12.4 Å². The molecular formula is C10H14ClFN2. The van der Waals surface area contributed by atoms with Crippen molar-refractivity contribution < 1.29 is 4.39 Å². The van der Waals surface area contributed by atoms with Gasteiger partial charge in [-0.1, -0.05) is 0 Å². The van der Waals surface area contributed by atoms with Crippen LogP contribution >= 0.6 is 12.4 Å². The van der Waals surface area contributed by atoms with E-state index in [2.05, 4.69) is 10.3 Å². The Morgan fingerprint density at radius 3 is 2.64 bits per heavy atom. The summed E-state index contributed by atoms with van der Waals surface area (Å²) in [4.78, 5) is 3.86. The van der Waals surface area contributed by atoms with Gasteiger partial charge in [-0.3, -0.25) is 4.98 Å². The van der Waals surface area contributed by atoms with Gasteiger partial charge in [-0.05, 0) is 43.5 Å². The largest absolute Gasteiger partial charge is 0.317 e. The minimum Gasteiger partial charge on any atom is -0.317 e. The fourth-order valence-electron chi connectivity index (χ4n) is 1.81. The summed E-state index contributed by atoms with van der Waals surface area (Å²) in [5, 5.41) is 3.28. The molecule has 0 bridgehead atoms. The van der Waals surface area contributed by atoms with Crippen LogP contribution in [0.2, 0.25) is 0 Å². The van der Waals surface area contributed by atoms with Crippen molar-refractivity contribution >= 4 is 12.4 Å². The Labute approximate surface area is 89.3 Å². The molecule has 1 saturated heterocycles. The number of nitrogens with one attached hydrogen (secondary N) is 1. The smallest absolute Gasteiger partial charge is 0.141 e. The molecule has 0 unspecified atom stereocenters.